The highest BCUT2D eigenvalue weighted by Gasteiger charge is 2.13. The fourth-order valence-electron chi connectivity index (χ4n) is 1.55. The van der Waals surface area contributed by atoms with Crippen LogP contribution in [0.3, 0.4) is 0 Å². The molecule has 3 nitrogen and oxygen atoms in total. The number of phenols is 2. The molecule has 0 amide bonds. The van der Waals surface area contributed by atoms with Crippen molar-refractivity contribution in [3.8, 4) is 11.5 Å². The lowest BCUT2D eigenvalue weighted by molar-refractivity contribution is 0.215. The molecular formula is C13H12O3. The van der Waals surface area contributed by atoms with Crippen molar-refractivity contribution >= 4 is 0 Å². The Balaban J connectivity index is 2.35. The summed E-state index contributed by atoms with van der Waals surface area (Å²) in [5.74, 6) is 0.205. The van der Waals surface area contributed by atoms with Gasteiger partial charge in [-0.05, 0) is 23.8 Å². The molecule has 0 fully saturated rings. The van der Waals surface area contributed by atoms with Crippen LogP contribution in [0.4, 0.5) is 0 Å². The van der Waals surface area contributed by atoms with Crippen LogP contribution in [0.15, 0.2) is 48.5 Å². The lowest BCUT2D eigenvalue weighted by Gasteiger charge is -2.12. The van der Waals surface area contributed by atoms with Crippen LogP contribution in [0.2, 0.25) is 0 Å². The average Bonchev–Trinajstić information content (AvgIpc) is 2.30. The van der Waals surface area contributed by atoms with Crippen LogP contribution >= 0.6 is 0 Å². The Hall–Kier alpha value is -2.00. The topological polar surface area (TPSA) is 60.7 Å². The van der Waals surface area contributed by atoms with Crippen molar-refractivity contribution < 1.29 is 15.3 Å². The van der Waals surface area contributed by atoms with E-state index in [1.807, 2.05) is 0 Å². The van der Waals surface area contributed by atoms with Gasteiger partial charge in [-0.3, -0.25) is 0 Å². The molecule has 0 aliphatic rings. The van der Waals surface area contributed by atoms with E-state index in [1.54, 1.807) is 30.3 Å². The number of aliphatic hydroxyl groups excluding tert-OH is 1. The molecule has 0 spiro atoms. The van der Waals surface area contributed by atoms with E-state index in [2.05, 4.69) is 0 Å². The van der Waals surface area contributed by atoms with Gasteiger partial charge in [-0.1, -0.05) is 30.3 Å². The van der Waals surface area contributed by atoms with E-state index in [0.717, 1.165) is 0 Å². The second-order valence-corrected chi connectivity index (χ2v) is 3.55. The lowest BCUT2D eigenvalue weighted by atomic mass is 10.0. The first-order chi connectivity index (χ1) is 7.68. The normalized spacial score (nSPS) is 12.3. The van der Waals surface area contributed by atoms with Crippen molar-refractivity contribution in [3.63, 3.8) is 0 Å². The molecule has 0 aliphatic carbocycles. The molecule has 2 aromatic rings. The van der Waals surface area contributed by atoms with Crippen molar-refractivity contribution in [2.24, 2.45) is 0 Å². The van der Waals surface area contributed by atoms with E-state index in [1.165, 1.54) is 18.2 Å². The van der Waals surface area contributed by atoms with Gasteiger partial charge in [-0.25, -0.2) is 0 Å². The van der Waals surface area contributed by atoms with Crippen molar-refractivity contribution in [3.05, 3.63) is 59.7 Å². The number of aliphatic hydroxyl groups is 1. The minimum absolute atomic E-state index is 0.0584. The van der Waals surface area contributed by atoms with Gasteiger partial charge in [0, 0.05) is 5.56 Å². The number of hydrogen-bond donors (Lipinski definition) is 3. The van der Waals surface area contributed by atoms with Crippen LogP contribution in [-0.4, -0.2) is 15.3 Å². The summed E-state index contributed by atoms with van der Waals surface area (Å²) >= 11 is 0. The van der Waals surface area contributed by atoms with Gasteiger partial charge in [-0.15, -0.1) is 0 Å². The molecule has 1 atom stereocenters. The minimum Gasteiger partial charge on any atom is -0.508 e. The number of phenolic OH excluding ortho intramolecular Hbond substituents is 2. The minimum atomic E-state index is -0.887. The molecule has 0 saturated heterocycles. The Kier molecular flexibility index (Phi) is 2.79. The summed E-state index contributed by atoms with van der Waals surface area (Å²) in [6.45, 7) is 0. The first kappa shape index (κ1) is 10.5. The Labute approximate surface area is 93.2 Å². The van der Waals surface area contributed by atoms with E-state index in [-0.39, 0.29) is 11.5 Å². The van der Waals surface area contributed by atoms with Crippen LogP contribution in [0.5, 0.6) is 11.5 Å². The van der Waals surface area contributed by atoms with Crippen LogP contribution < -0.4 is 0 Å². The molecule has 0 unspecified atom stereocenters. The lowest BCUT2D eigenvalue weighted by Crippen LogP contribution is -1.99. The van der Waals surface area contributed by atoms with Crippen molar-refractivity contribution in [2.45, 2.75) is 6.10 Å². The fraction of sp³-hybridized carbons (Fsp3) is 0.0769. The first-order valence-corrected chi connectivity index (χ1v) is 4.93. The van der Waals surface area contributed by atoms with Gasteiger partial charge < -0.3 is 15.3 Å². The maximum absolute atomic E-state index is 10.0. The summed E-state index contributed by atoms with van der Waals surface area (Å²) in [6.07, 6.45) is -0.887. The zero-order valence-electron chi connectivity index (χ0n) is 8.54. The molecule has 16 heavy (non-hydrogen) atoms. The molecule has 2 rings (SSSR count). The molecule has 3 heteroatoms. The van der Waals surface area contributed by atoms with Gasteiger partial charge in [-0.2, -0.15) is 0 Å². The van der Waals surface area contributed by atoms with Gasteiger partial charge in [0.2, 0.25) is 0 Å². The number of aromatic hydroxyl groups is 2. The summed E-state index contributed by atoms with van der Waals surface area (Å²) in [6, 6.07) is 12.9. The predicted octanol–water partition coefficient (Wildman–Crippen LogP) is 2.18. The smallest absolute Gasteiger partial charge is 0.121 e. The Morgan fingerprint density at radius 1 is 0.812 bits per heavy atom. The van der Waals surface area contributed by atoms with Gasteiger partial charge >= 0.3 is 0 Å². The Bertz CT molecular complexity index is 477. The van der Waals surface area contributed by atoms with Crippen molar-refractivity contribution in [1.82, 2.24) is 0 Å². The predicted molar refractivity (Wildman–Crippen MR) is 60.3 cm³/mol. The third-order valence-corrected chi connectivity index (χ3v) is 2.44. The first-order valence-electron chi connectivity index (χ1n) is 4.93. The SMILES string of the molecule is Oc1ccc([C@@H](O)c2ccccc2O)cc1. The molecule has 2 aromatic carbocycles. The summed E-state index contributed by atoms with van der Waals surface area (Å²) in [7, 11) is 0. The Morgan fingerprint density at radius 2 is 1.44 bits per heavy atom. The summed E-state index contributed by atoms with van der Waals surface area (Å²) in [4.78, 5) is 0. The average molecular weight is 216 g/mol. The van der Waals surface area contributed by atoms with Crippen LogP contribution in [0.1, 0.15) is 17.2 Å². The van der Waals surface area contributed by atoms with Gasteiger partial charge in [0.15, 0.2) is 0 Å². The Morgan fingerprint density at radius 3 is 2.06 bits per heavy atom. The van der Waals surface area contributed by atoms with E-state index in [0.29, 0.717) is 11.1 Å². The van der Waals surface area contributed by atoms with E-state index in [4.69, 9.17) is 5.11 Å². The molecular weight excluding hydrogens is 204 g/mol. The van der Waals surface area contributed by atoms with Crippen LogP contribution in [0.25, 0.3) is 0 Å². The molecule has 0 heterocycles. The third kappa shape index (κ3) is 1.99. The van der Waals surface area contributed by atoms with Gasteiger partial charge in [0.05, 0.1) is 0 Å². The molecule has 0 radical (unpaired) electrons. The third-order valence-electron chi connectivity index (χ3n) is 2.44. The van der Waals surface area contributed by atoms with Crippen LogP contribution in [-0.2, 0) is 0 Å². The summed E-state index contributed by atoms with van der Waals surface area (Å²) < 4.78 is 0. The van der Waals surface area contributed by atoms with E-state index >= 15 is 0 Å². The highest BCUT2D eigenvalue weighted by molar-refractivity contribution is 5.40. The number of hydrogen-bond acceptors (Lipinski definition) is 3. The zero-order chi connectivity index (χ0) is 11.5. The molecule has 3 N–H and O–H groups in total. The maximum Gasteiger partial charge on any atom is 0.121 e. The number of para-hydroxylation sites is 1. The van der Waals surface area contributed by atoms with Crippen LogP contribution in [0, 0.1) is 0 Å². The quantitative estimate of drug-likeness (QED) is 0.721. The second-order valence-electron chi connectivity index (χ2n) is 3.55. The number of benzene rings is 2. The molecule has 0 bridgehead atoms. The number of rotatable bonds is 2. The molecule has 82 valence electrons. The maximum atomic E-state index is 10.0. The highest BCUT2D eigenvalue weighted by atomic mass is 16.3. The molecule has 0 saturated carbocycles. The fourth-order valence-corrected chi connectivity index (χ4v) is 1.55. The second kappa shape index (κ2) is 4.24. The zero-order valence-corrected chi connectivity index (χ0v) is 8.54. The van der Waals surface area contributed by atoms with E-state index < -0.39 is 6.10 Å². The monoisotopic (exact) mass is 216 g/mol. The van der Waals surface area contributed by atoms with Crippen molar-refractivity contribution in [1.29, 1.82) is 0 Å². The van der Waals surface area contributed by atoms with E-state index in [9.17, 15) is 10.2 Å². The standard InChI is InChI=1S/C13H12O3/c14-10-7-5-9(6-8-10)13(16)11-3-1-2-4-12(11)15/h1-8,13-16H/t13-/m1/s1. The summed E-state index contributed by atoms with van der Waals surface area (Å²) in [5.41, 5.74) is 1.08. The van der Waals surface area contributed by atoms with Crippen molar-refractivity contribution in [2.75, 3.05) is 0 Å². The highest BCUT2D eigenvalue weighted by Crippen LogP contribution is 2.29. The molecule has 0 aliphatic heterocycles. The summed E-state index contributed by atoms with van der Waals surface area (Å²) in [5, 5.41) is 28.7. The van der Waals surface area contributed by atoms with Gasteiger partial charge in [0.25, 0.3) is 0 Å². The van der Waals surface area contributed by atoms with Gasteiger partial charge in [0.1, 0.15) is 17.6 Å². The largest absolute Gasteiger partial charge is 0.508 e. The molecule has 0 aromatic heterocycles.